The third-order valence-electron chi connectivity index (χ3n) is 6.34. The molecule has 1 unspecified atom stereocenters. The van der Waals surface area contributed by atoms with E-state index in [0.29, 0.717) is 36.8 Å². The van der Waals surface area contributed by atoms with E-state index < -0.39 is 0 Å². The van der Waals surface area contributed by atoms with Crippen molar-refractivity contribution in [1.29, 1.82) is 5.26 Å². The second-order valence-corrected chi connectivity index (χ2v) is 8.59. The SMILES string of the molecule is Cc1ccccc1N/C(=N/C#N)N1CCN(C(=O)c2cnc3ccccc3n2)C(c2ccccc2)C1. The molecule has 36 heavy (non-hydrogen) atoms. The predicted octanol–water partition coefficient (Wildman–Crippen LogP) is 4.39. The molecule has 1 aromatic heterocycles. The number of nitrogens with zero attached hydrogens (tertiary/aromatic N) is 6. The summed E-state index contributed by atoms with van der Waals surface area (Å²) in [6.07, 6.45) is 3.46. The number of hydrogen-bond acceptors (Lipinski definition) is 5. The van der Waals surface area contributed by atoms with Crippen molar-refractivity contribution in [3.63, 3.8) is 0 Å². The first-order valence-corrected chi connectivity index (χ1v) is 11.8. The van der Waals surface area contributed by atoms with Gasteiger partial charge in [-0.25, -0.2) is 4.98 Å². The number of carbonyl (C=O) groups excluding carboxylic acids is 1. The molecule has 5 rings (SSSR count). The molecule has 3 aromatic carbocycles. The number of aliphatic imine (C=N–C) groups is 1. The van der Waals surface area contributed by atoms with Gasteiger partial charge in [0.25, 0.3) is 5.91 Å². The van der Waals surface area contributed by atoms with Gasteiger partial charge in [0.05, 0.1) is 23.3 Å². The van der Waals surface area contributed by atoms with E-state index in [9.17, 15) is 10.1 Å². The number of para-hydroxylation sites is 3. The normalized spacial score (nSPS) is 16.0. The Morgan fingerprint density at radius 2 is 1.72 bits per heavy atom. The summed E-state index contributed by atoms with van der Waals surface area (Å²) in [4.78, 5) is 30.6. The van der Waals surface area contributed by atoms with Crippen LogP contribution in [0.2, 0.25) is 0 Å². The fraction of sp³-hybridized carbons (Fsp3) is 0.179. The fourth-order valence-electron chi connectivity index (χ4n) is 4.44. The van der Waals surface area contributed by atoms with Crippen LogP contribution < -0.4 is 5.32 Å². The smallest absolute Gasteiger partial charge is 0.274 e. The summed E-state index contributed by atoms with van der Waals surface area (Å²) < 4.78 is 0. The van der Waals surface area contributed by atoms with Crippen molar-refractivity contribution in [3.05, 3.63) is 102 Å². The summed E-state index contributed by atoms with van der Waals surface area (Å²) in [5.74, 6) is 0.290. The minimum Gasteiger partial charge on any atom is -0.338 e. The van der Waals surface area contributed by atoms with E-state index in [0.717, 1.165) is 22.3 Å². The van der Waals surface area contributed by atoms with Crippen LogP contribution in [-0.4, -0.2) is 51.3 Å². The third-order valence-corrected chi connectivity index (χ3v) is 6.34. The van der Waals surface area contributed by atoms with Gasteiger partial charge in [-0.3, -0.25) is 9.78 Å². The number of carbonyl (C=O) groups is 1. The molecule has 8 nitrogen and oxygen atoms in total. The Bertz CT molecular complexity index is 1460. The number of hydrogen-bond donors (Lipinski definition) is 1. The van der Waals surface area contributed by atoms with Gasteiger partial charge in [0, 0.05) is 25.3 Å². The van der Waals surface area contributed by atoms with Crippen molar-refractivity contribution in [2.24, 2.45) is 4.99 Å². The predicted molar refractivity (Wildman–Crippen MR) is 139 cm³/mol. The number of aryl methyl sites for hydroxylation is 1. The largest absolute Gasteiger partial charge is 0.338 e. The lowest BCUT2D eigenvalue weighted by Gasteiger charge is -2.42. The molecular weight excluding hydrogens is 450 g/mol. The molecule has 1 N–H and O–H groups in total. The number of fused-ring (bicyclic) bond motifs is 1. The van der Waals surface area contributed by atoms with E-state index in [2.05, 4.69) is 20.3 Å². The highest BCUT2D eigenvalue weighted by molar-refractivity contribution is 5.96. The lowest BCUT2D eigenvalue weighted by Crippen LogP contribution is -2.53. The number of amides is 1. The lowest BCUT2D eigenvalue weighted by atomic mass is 10.0. The van der Waals surface area contributed by atoms with Crippen LogP contribution in [0.5, 0.6) is 0 Å². The summed E-state index contributed by atoms with van der Waals surface area (Å²) in [5, 5.41) is 12.7. The highest BCUT2D eigenvalue weighted by atomic mass is 16.2. The highest BCUT2D eigenvalue weighted by Crippen LogP contribution is 2.28. The summed E-state index contributed by atoms with van der Waals surface area (Å²) >= 11 is 0. The van der Waals surface area contributed by atoms with E-state index in [1.165, 1.54) is 0 Å². The third kappa shape index (κ3) is 4.72. The zero-order valence-electron chi connectivity index (χ0n) is 19.9. The number of benzene rings is 3. The first-order chi connectivity index (χ1) is 17.6. The number of piperazine rings is 1. The number of aromatic nitrogens is 2. The van der Waals surface area contributed by atoms with Gasteiger partial charge in [0.2, 0.25) is 12.2 Å². The molecule has 0 saturated carbocycles. The molecule has 0 bridgehead atoms. The molecule has 1 amide bonds. The molecule has 0 spiro atoms. The monoisotopic (exact) mass is 475 g/mol. The lowest BCUT2D eigenvalue weighted by molar-refractivity contribution is 0.0544. The van der Waals surface area contributed by atoms with Crippen LogP contribution in [0.4, 0.5) is 5.69 Å². The Morgan fingerprint density at radius 1 is 1.00 bits per heavy atom. The molecule has 178 valence electrons. The van der Waals surface area contributed by atoms with Crippen LogP contribution in [0.3, 0.4) is 0 Å². The summed E-state index contributed by atoms with van der Waals surface area (Å²) in [6.45, 7) is 3.42. The van der Waals surface area contributed by atoms with E-state index in [1.54, 1.807) is 6.20 Å². The van der Waals surface area contributed by atoms with E-state index >= 15 is 0 Å². The van der Waals surface area contributed by atoms with Crippen LogP contribution in [-0.2, 0) is 0 Å². The molecule has 1 fully saturated rings. The number of nitrogens with one attached hydrogen (secondary N) is 1. The fourth-order valence-corrected chi connectivity index (χ4v) is 4.44. The topological polar surface area (TPSA) is 97.5 Å². The standard InChI is InChI=1S/C28H25N7O/c1-20-9-5-6-12-22(20)33-28(31-19-29)34-15-16-35(26(18-34)21-10-3-2-4-11-21)27(36)25-17-30-23-13-7-8-14-24(23)32-25/h2-14,17,26H,15-16,18H2,1H3,(H,31,33). The van der Waals surface area contributed by atoms with Crippen molar-refractivity contribution >= 4 is 28.6 Å². The van der Waals surface area contributed by atoms with E-state index in [4.69, 9.17) is 0 Å². The van der Waals surface area contributed by atoms with Crippen molar-refractivity contribution in [3.8, 4) is 6.19 Å². The maximum Gasteiger partial charge on any atom is 0.274 e. The maximum absolute atomic E-state index is 13.7. The minimum atomic E-state index is -0.261. The molecule has 8 heteroatoms. The van der Waals surface area contributed by atoms with Gasteiger partial charge in [-0.2, -0.15) is 5.26 Å². The van der Waals surface area contributed by atoms with Crippen LogP contribution >= 0.6 is 0 Å². The Morgan fingerprint density at radius 3 is 2.50 bits per heavy atom. The number of nitriles is 1. The molecule has 0 radical (unpaired) electrons. The molecule has 0 aliphatic carbocycles. The van der Waals surface area contributed by atoms with E-state index in [1.807, 2.05) is 102 Å². The average molecular weight is 476 g/mol. The van der Waals surface area contributed by atoms with Crippen LogP contribution in [0, 0.1) is 18.4 Å². The van der Waals surface area contributed by atoms with Gasteiger partial charge in [0.1, 0.15) is 5.69 Å². The Balaban J connectivity index is 1.45. The molecule has 2 heterocycles. The highest BCUT2D eigenvalue weighted by Gasteiger charge is 2.34. The molecule has 1 aliphatic heterocycles. The molecule has 4 aromatic rings. The summed E-state index contributed by atoms with van der Waals surface area (Å²) in [6, 6.07) is 25.0. The van der Waals surface area contributed by atoms with Crippen LogP contribution in [0.15, 0.2) is 90.1 Å². The molecular formula is C28H25N7O. The first-order valence-electron chi connectivity index (χ1n) is 11.8. The number of anilines is 1. The second kappa shape index (κ2) is 10.2. The van der Waals surface area contributed by atoms with Crippen molar-refractivity contribution < 1.29 is 4.79 Å². The Hall–Kier alpha value is -4.77. The maximum atomic E-state index is 13.7. The Kier molecular flexibility index (Phi) is 6.54. The Labute approximate surface area is 209 Å². The van der Waals surface area contributed by atoms with Crippen LogP contribution in [0.25, 0.3) is 11.0 Å². The number of rotatable bonds is 3. The van der Waals surface area contributed by atoms with Gasteiger partial charge in [-0.1, -0.05) is 60.7 Å². The van der Waals surface area contributed by atoms with Crippen LogP contribution in [0.1, 0.15) is 27.7 Å². The second-order valence-electron chi connectivity index (χ2n) is 8.59. The zero-order chi connectivity index (χ0) is 24.9. The van der Waals surface area contributed by atoms with Gasteiger partial charge in [-0.15, -0.1) is 4.99 Å². The van der Waals surface area contributed by atoms with Gasteiger partial charge in [0.15, 0.2) is 0 Å². The average Bonchev–Trinajstić information content (AvgIpc) is 2.93. The summed E-state index contributed by atoms with van der Waals surface area (Å²) in [7, 11) is 0. The zero-order valence-corrected chi connectivity index (χ0v) is 19.9. The summed E-state index contributed by atoms with van der Waals surface area (Å²) in [5.41, 5.74) is 4.67. The van der Waals surface area contributed by atoms with Gasteiger partial charge < -0.3 is 15.1 Å². The van der Waals surface area contributed by atoms with Crippen molar-refractivity contribution in [2.75, 3.05) is 25.0 Å². The minimum absolute atomic E-state index is 0.174. The van der Waals surface area contributed by atoms with Gasteiger partial charge >= 0.3 is 0 Å². The van der Waals surface area contributed by atoms with Crippen molar-refractivity contribution in [1.82, 2.24) is 19.8 Å². The quantitative estimate of drug-likeness (QED) is 0.268. The first kappa shape index (κ1) is 23.0. The van der Waals surface area contributed by atoms with Crippen molar-refractivity contribution in [2.45, 2.75) is 13.0 Å². The molecule has 1 aliphatic rings. The van der Waals surface area contributed by atoms with E-state index in [-0.39, 0.29) is 11.9 Å². The molecule has 1 atom stereocenters. The number of guanidine groups is 1. The van der Waals surface area contributed by atoms with Gasteiger partial charge in [-0.05, 0) is 36.2 Å². The molecule has 1 saturated heterocycles.